The van der Waals surface area contributed by atoms with Gasteiger partial charge in [0.05, 0.1) is 0 Å². The Morgan fingerprint density at radius 3 is 0.684 bits per heavy atom. The van der Waals surface area contributed by atoms with Crippen molar-refractivity contribution >= 4 is 34.1 Å². The molecule has 76 heavy (non-hydrogen) atoms. The summed E-state index contributed by atoms with van der Waals surface area (Å²) in [6, 6.07) is 90.7. The molecule has 0 unspecified atom stereocenters. The summed E-state index contributed by atoms with van der Waals surface area (Å²) in [6.07, 6.45) is 8.97. The normalized spacial score (nSPS) is 13.4. The van der Waals surface area contributed by atoms with Crippen LogP contribution in [0, 0.1) is 0 Å². The van der Waals surface area contributed by atoms with Crippen LogP contribution in [-0.2, 0) is 10.8 Å². The smallest absolute Gasteiger partial charge is 0.0462 e. The van der Waals surface area contributed by atoms with Crippen LogP contribution in [0.3, 0.4) is 0 Å². The highest BCUT2D eigenvalue weighted by Crippen LogP contribution is 2.58. The number of fused-ring (bicyclic) bond motifs is 6. The van der Waals surface area contributed by atoms with E-state index in [1.807, 2.05) is 0 Å². The minimum Gasteiger partial charge on any atom is -0.311 e. The van der Waals surface area contributed by atoms with E-state index < -0.39 is 0 Å². The third-order valence-electron chi connectivity index (χ3n) is 16.7. The van der Waals surface area contributed by atoms with Gasteiger partial charge in [0.25, 0.3) is 0 Å². The molecule has 0 amide bonds. The van der Waals surface area contributed by atoms with Crippen molar-refractivity contribution in [3.63, 3.8) is 0 Å². The lowest BCUT2D eigenvalue weighted by Crippen LogP contribution is -2.25. The second-order valence-electron chi connectivity index (χ2n) is 21.3. The van der Waals surface area contributed by atoms with Gasteiger partial charge in [-0.15, -0.1) is 0 Å². The first-order valence-corrected chi connectivity index (χ1v) is 28.1. The Morgan fingerprint density at radius 2 is 0.447 bits per heavy atom. The number of rotatable bonds is 17. The summed E-state index contributed by atoms with van der Waals surface area (Å²) in [4.78, 5) is 4.68. The fourth-order valence-corrected chi connectivity index (χ4v) is 13.6. The molecule has 2 aliphatic carbocycles. The van der Waals surface area contributed by atoms with Crippen molar-refractivity contribution in [2.75, 3.05) is 9.80 Å². The van der Waals surface area contributed by atoms with Gasteiger partial charge in [-0.2, -0.15) is 0 Å². The van der Waals surface area contributed by atoms with E-state index in [2.05, 4.69) is 280 Å². The zero-order chi connectivity index (χ0) is 51.6. The molecule has 2 heteroatoms. The van der Waals surface area contributed by atoms with Gasteiger partial charge in [-0.1, -0.05) is 199 Å². The van der Waals surface area contributed by atoms with Crippen LogP contribution in [0.15, 0.2) is 243 Å². The molecule has 0 heterocycles. The average Bonchev–Trinajstić information content (AvgIpc) is 3.93. The van der Waals surface area contributed by atoms with Crippen LogP contribution in [0.5, 0.6) is 0 Å². The van der Waals surface area contributed by atoms with Gasteiger partial charge < -0.3 is 9.80 Å². The molecule has 374 valence electrons. The maximum atomic E-state index is 2.60. The van der Waals surface area contributed by atoms with Crippen molar-refractivity contribution in [2.45, 2.75) is 89.9 Å². The van der Waals surface area contributed by atoms with E-state index in [0.29, 0.717) is 0 Å². The van der Waals surface area contributed by atoms with Crippen LogP contribution >= 0.6 is 0 Å². The fraction of sp³-hybridized carbons (Fsp3) is 0.189. The minimum absolute atomic E-state index is 0.0608. The van der Waals surface area contributed by atoms with Crippen molar-refractivity contribution in [3.05, 3.63) is 265 Å². The van der Waals surface area contributed by atoms with Crippen molar-refractivity contribution in [2.24, 2.45) is 0 Å². The predicted octanol–water partition coefficient (Wildman–Crippen LogP) is 21.4. The van der Waals surface area contributed by atoms with E-state index in [1.54, 1.807) is 0 Å². The molecule has 10 aromatic carbocycles. The zero-order valence-electron chi connectivity index (χ0n) is 44.6. The summed E-state index contributed by atoms with van der Waals surface area (Å²) in [7, 11) is 0. The van der Waals surface area contributed by atoms with E-state index in [1.165, 1.54) is 77.9 Å². The third kappa shape index (κ3) is 8.55. The van der Waals surface area contributed by atoms with Crippen LogP contribution in [-0.4, -0.2) is 0 Å². The average molecular weight is 985 g/mol. The molecule has 0 saturated carbocycles. The van der Waals surface area contributed by atoms with Crippen molar-refractivity contribution in [1.82, 2.24) is 0 Å². The number of para-hydroxylation sites is 4. The number of hydrogen-bond acceptors (Lipinski definition) is 2. The summed E-state index contributed by atoms with van der Waals surface area (Å²) >= 11 is 0. The Hall–Kier alpha value is -8.20. The maximum absolute atomic E-state index is 2.60. The fourth-order valence-electron chi connectivity index (χ4n) is 13.6. The highest BCUT2D eigenvalue weighted by atomic mass is 15.1. The van der Waals surface area contributed by atoms with E-state index in [9.17, 15) is 0 Å². The first-order valence-electron chi connectivity index (χ1n) is 28.1. The summed E-state index contributed by atoms with van der Waals surface area (Å²) in [5.74, 6) is 0. The molecule has 0 aromatic heterocycles. The molecule has 0 bridgehead atoms. The Morgan fingerprint density at radius 1 is 0.237 bits per heavy atom. The SMILES string of the molecule is CCCC1(CCC)c2cc(-c3ccc(N(c4ccccc4)c4ccccc4)cc3)ccc2-c2ccc(-c3ccc4c(c3)C(CCC)(CCC)c3cc(-c5ccc(N(c6ccccc6)c6ccccc6)cc5)ccc3-4)cc21. The van der Waals surface area contributed by atoms with Crippen LogP contribution in [0.2, 0.25) is 0 Å². The Labute approximate surface area is 452 Å². The van der Waals surface area contributed by atoms with Crippen molar-refractivity contribution < 1.29 is 0 Å². The highest BCUT2D eigenvalue weighted by molar-refractivity contribution is 5.90. The monoisotopic (exact) mass is 985 g/mol. The molecule has 10 aromatic rings. The van der Waals surface area contributed by atoms with Gasteiger partial charge in [0, 0.05) is 45.0 Å². The number of anilines is 6. The molecule has 0 radical (unpaired) electrons. The Bertz CT molecular complexity index is 3280. The number of hydrogen-bond donors (Lipinski definition) is 0. The molecule has 0 saturated heterocycles. The van der Waals surface area contributed by atoms with Gasteiger partial charge in [0.2, 0.25) is 0 Å². The molecule has 0 spiro atoms. The molecular formula is C74H68N2. The molecule has 0 atom stereocenters. The lowest BCUT2D eigenvalue weighted by molar-refractivity contribution is 0.435. The quantitative estimate of drug-likeness (QED) is 0.0897. The highest BCUT2D eigenvalue weighted by Gasteiger charge is 2.44. The largest absolute Gasteiger partial charge is 0.311 e. The summed E-state index contributed by atoms with van der Waals surface area (Å²) in [6.45, 7) is 9.49. The van der Waals surface area contributed by atoms with Gasteiger partial charge in [-0.3, -0.25) is 0 Å². The van der Waals surface area contributed by atoms with Crippen LogP contribution in [0.1, 0.15) is 101 Å². The minimum atomic E-state index is -0.0608. The standard InChI is InChI=1S/C74H68N2/c1-5-45-73(46-6-2)69-49-55(53-29-37-63(38-30-53)75(59-21-13-9-14-22-59)60-23-15-10-16-24-60)33-41-65(69)67-43-35-57(51-71(67)73)58-36-44-68-66-42-34-56(50-70(66)74(47-7-3,48-8-4)72(68)52-58)54-31-39-64(40-32-54)76(61-25-17-11-18-26-61)62-27-19-12-20-28-62/h9-44,49-52H,5-8,45-48H2,1-4H3. The second-order valence-corrected chi connectivity index (χ2v) is 21.3. The zero-order valence-corrected chi connectivity index (χ0v) is 44.6. The van der Waals surface area contributed by atoms with Crippen molar-refractivity contribution in [3.8, 4) is 55.6 Å². The summed E-state index contributed by atoms with van der Waals surface area (Å²) in [5.41, 5.74) is 26.0. The first-order chi connectivity index (χ1) is 37.5. The predicted molar refractivity (Wildman–Crippen MR) is 324 cm³/mol. The van der Waals surface area contributed by atoms with E-state index in [4.69, 9.17) is 0 Å². The van der Waals surface area contributed by atoms with Gasteiger partial charge in [0.15, 0.2) is 0 Å². The molecule has 12 rings (SSSR count). The topological polar surface area (TPSA) is 6.48 Å². The van der Waals surface area contributed by atoms with Crippen LogP contribution in [0.25, 0.3) is 55.6 Å². The van der Waals surface area contributed by atoms with E-state index in [0.717, 1.165) is 85.5 Å². The maximum Gasteiger partial charge on any atom is 0.0462 e. The van der Waals surface area contributed by atoms with Gasteiger partial charge in [-0.05, 0) is 201 Å². The summed E-state index contributed by atoms with van der Waals surface area (Å²) in [5, 5.41) is 0. The van der Waals surface area contributed by atoms with Gasteiger partial charge >= 0.3 is 0 Å². The molecule has 2 aliphatic rings. The van der Waals surface area contributed by atoms with Gasteiger partial charge in [-0.25, -0.2) is 0 Å². The molecule has 0 fully saturated rings. The summed E-state index contributed by atoms with van der Waals surface area (Å²) < 4.78 is 0. The second kappa shape index (κ2) is 20.8. The molecule has 0 N–H and O–H groups in total. The first kappa shape index (κ1) is 48.7. The van der Waals surface area contributed by atoms with Crippen LogP contribution < -0.4 is 9.80 Å². The molecule has 2 nitrogen and oxygen atoms in total. The Balaban J connectivity index is 0.880. The lowest BCUT2D eigenvalue weighted by atomic mass is 9.70. The van der Waals surface area contributed by atoms with Crippen molar-refractivity contribution in [1.29, 1.82) is 0 Å². The van der Waals surface area contributed by atoms with E-state index >= 15 is 0 Å². The van der Waals surface area contributed by atoms with E-state index in [-0.39, 0.29) is 10.8 Å². The molecule has 0 aliphatic heterocycles. The molecular weight excluding hydrogens is 917 g/mol. The number of nitrogens with zero attached hydrogens (tertiary/aromatic N) is 2. The number of benzene rings is 10. The lowest BCUT2D eigenvalue weighted by Gasteiger charge is -2.33. The van der Waals surface area contributed by atoms with Gasteiger partial charge in [0.1, 0.15) is 0 Å². The third-order valence-corrected chi connectivity index (χ3v) is 16.7. The Kier molecular flexibility index (Phi) is 13.4. The van der Waals surface area contributed by atoms with Crippen LogP contribution in [0.4, 0.5) is 34.1 Å².